The highest BCUT2D eigenvalue weighted by atomic mass is 32.2. The van der Waals surface area contributed by atoms with Crippen LogP contribution in [-0.2, 0) is 10.1 Å². The number of rotatable bonds is 6. The van der Waals surface area contributed by atoms with E-state index in [1.165, 1.54) is 42.5 Å². The molecule has 3 aromatic carbocycles. The molecule has 0 aliphatic heterocycles. The highest BCUT2D eigenvalue weighted by molar-refractivity contribution is 7.85. The normalized spacial score (nSPS) is 11.9. The third kappa shape index (κ3) is 4.94. The molecule has 0 aromatic heterocycles. The van der Waals surface area contributed by atoms with Crippen molar-refractivity contribution in [3.05, 3.63) is 65.7 Å². The van der Waals surface area contributed by atoms with Crippen molar-refractivity contribution >= 4 is 38.8 Å². The van der Waals surface area contributed by atoms with Gasteiger partial charge in [0, 0.05) is 0 Å². The Labute approximate surface area is 181 Å². The molecule has 3 rings (SSSR count). The molecule has 4 N–H and O–H groups in total. The van der Waals surface area contributed by atoms with E-state index < -0.39 is 27.6 Å². The second-order valence-electron chi connectivity index (χ2n) is 6.45. The summed E-state index contributed by atoms with van der Waals surface area (Å²) in [5.74, 6) is -2.20. The number of carboxylic acid groups (broad SMARTS) is 1. The van der Waals surface area contributed by atoms with Gasteiger partial charge < -0.3 is 15.3 Å². The van der Waals surface area contributed by atoms with E-state index in [0.29, 0.717) is 5.56 Å². The van der Waals surface area contributed by atoms with Gasteiger partial charge in [0.15, 0.2) is 11.4 Å². The van der Waals surface area contributed by atoms with Crippen LogP contribution in [0.2, 0.25) is 0 Å². The van der Waals surface area contributed by atoms with E-state index in [1.54, 1.807) is 13.0 Å². The smallest absolute Gasteiger partial charge is 0.337 e. The zero-order valence-corrected chi connectivity index (χ0v) is 17.2. The molecule has 0 saturated carbocycles. The quantitative estimate of drug-likeness (QED) is 0.291. The van der Waals surface area contributed by atoms with Crippen molar-refractivity contribution in [3.8, 4) is 11.5 Å². The maximum absolute atomic E-state index is 11.3. The number of carbonyl (C=O) groups is 1. The Balaban J connectivity index is 1.95. The maximum atomic E-state index is 11.3. The molecular weight excluding hydrogens is 440 g/mol. The van der Waals surface area contributed by atoms with E-state index in [-0.39, 0.29) is 33.2 Å². The number of phenols is 2. The van der Waals surface area contributed by atoms with Gasteiger partial charge in [0.05, 0.1) is 16.1 Å². The average Bonchev–Trinajstić information content (AvgIpc) is 2.73. The summed E-state index contributed by atoms with van der Waals surface area (Å²) < 4.78 is 31.5. The van der Waals surface area contributed by atoms with Crippen LogP contribution in [0.5, 0.6) is 11.5 Å². The molecule has 0 aliphatic rings. The molecule has 0 radical (unpaired) electrons. The van der Waals surface area contributed by atoms with E-state index in [4.69, 9.17) is 4.55 Å². The molecule has 0 spiro atoms. The topological polar surface area (TPSA) is 182 Å². The second kappa shape index (κ2) is 8.91. The zero-order chi connectivity index (χ0) is 23.5. The van der Waals surface area contributed by atoms with Crippen molar-refractivity contribution in [2.45, 2.75) is 11.8 Å². The molecular formula is C20H16N4O7S. The lowest BCUT2D eigenvalue weighted by atomic mass is 10.2. The molecule has 0 aliphatic carbocycles. The van der Waals surface area contributed by atoms with Gasteiger partial charge in [0.25, 0.3) is 10.1 Å². The van der Waals surface area contributed by atoms with Gasteiger partial charge >= 0.3 is 5.97 Å². The van der Waals surface area contributed by atoms with Gasteiger partial charge in [0.1, 0.15) is 17.1 Å². The maximum Gasteiger partial charge on any atom is 0.337 e. The summed E-state index contributed by atoms with van der Waals surface area (Å²) in [7, 11) is -4.36. The Bertz CT molecular complexity index is 1370. The average molecular weight is 456 g/mol. The number of azo groups is 2. The molecule has 11 nitrogen and oxygen atoms in total. The highest BCUT2D eigenvalue weighted by Gasteiger charge is 2.15. The van der Waals surface area contributed by atoms with Crippen LogP contribution in [0.3, 0.4) is 0 Å². The molecule has 3 aromatic rings. The fourth-order valence-corrected chi connectivity index (χ4v) is 3.16. The van der Waals surface area contributed by atoms with Gasteiger partial charge in [-0.1, -0.05) is 12.1 Å². The molecule has 32 heavy (non-hydrogen) atoms. The van der Waals surface area contributed by atoms with E-state index in [2.05, 4.69) is 20.5 Å². The van der Waals surface area contributed by atoms with Crippen molar-refractivity contribution < 1.29 is 33.1 Å². The molecule has 164 valence electrons. The first kappa shape index (κ1) is 22.5. The molecule has 0 amide bonds. The lowest BCUT2D eigenvalue weighted by Crippen LogP contribution is -1.97. The third-order valence-corrected chi connectivity index (χ3v) is 5.08. The number of phenolic OH excluding ortho intramolecular Hbond substituents is 2. The van der Waals surface area contributed by atoms with Crippen LogP contribution >= 0.6 is 0 Å². The zero-order valence-electron chi connectivity index (χ0n) is 16.4. The summed E-state index contributed by atoms with van der Waals surface area (Å²) in [4.78, 5) is 11.0. The van der Waals surface area contributed by atoms with Crippen LogP contribution in [0.1, 0.15) is 15.9 Å². The molecule has 0 heterocycles. The molecule has 0 atom stereocenters. The van der Waals surface area contributed by atoms with Crippen LogP contribution in [0.4, 0.5) is 22.7 Å². The number of hydrogen-bond acceptors (Lipinski definition) is 9. The SMILES string of the molecule is Cc1cc(S(=O)(=O)O)ccc1/N=N\c1ccc(O)c(/N=N/c2ccccc2C(=O)O)c1O. The van der Waals surface area contributed by atoms with Gasteiger partial charge in [-0.25, -0.2) is 4.79 Å². The van der Waals surface area contributed by atoms with Crippen molar-refractivity contribution in [3.63, 3.8) is 0 Å². The fourth-order valence-electron chi connectivity index (χ4n) is 2.59. The van der Waals surface area contributed by atoms with E-state index in [1.807, 2.05) is 0 Å². The number of aryl methyl sites for hydroxylation is 1. The molecule has 12 heteroatoms. The number of hydrogen-bond donors (Lipinski definition) is 4. The van der Waals surface area contributed by atoms with Crippen LogP contribution in [0.15, 0.2) is 79.9 Å². The Morgan fingerprint density at radius 3 is 2.12 bits per heavy atom. The van der Waals surface area contributed by atoms with Crippen molar-refractivity contribution in [1.82, 2.24) is 0 Å². The first-order valence-corrected chi connectivity index (χ1v) is 10.3. The van der Waals surface area contributed by atoms with Gasteiger partial charge in [-0.05, 0) is 55.0 Å². The monoisotopic (exact) mass is 456 g/mol. The van der Waals surface area contributed by atoms with Gasteiger partial charge in [-0.3, -0.25) is 4.55 Å². The summed E-state index contributed by atoms with van der Waals surface area (Å²) in [6.07, 6.45) is 0. The minimum absolute atomic E-state index is 0.0142. The van der Waals surface area contributed by atoms with Crippen molar-refractivity contribution in [1.29, 1.82) is 0 Å². The molecule has 0 unspecified atom stereocenters. The van der Waals surface area contributed by atoms with E-state index >= 15 is 0 Å². The Hall–Kier alpha value is -4.16. The van der Waals surface area contributed by atoms with Crippen LogP contribution in [0, 0.1) is 6.92 Å². The highest BCUT2D eigenvalue weighted by Crippen LogP contribution is 2.44. The lowest BCUT2D eigenvalue weighted by molar-refractivity contribution is 0.0697. The summed E-state index contributed by atoms with van der Waals surface area (Å²) >= 11 is 0. The predicted molar refractivity (Wildman–Crippen MR) is 113 cm³/mol. The standard InChI is InChI=1S/C20H16N4O7S/c1-11-10-12(32(29,30)31)6-7-14(11)21-23-16-8-9-17(25)18(19(16)26)24-22-15-5-3-2-4-13(15)20(27)28/h2-10,25-26H,1H3,(H,27,28)(H,29,30,31)/b23-21-,24-22+. The minimum Gasteiger partial charge on any atom is -0.505 e. The number of benzene rings is 3. The number of nitrogens with zero attached hydrogens (tertiary/aromatic N) is 4. The third-order valence-electron chi connectivity index (χ3n) is 4.23. The first-order chi connectivity index (χ1) is 15.1. The summed E-state index contributed by atoms with van der Waals surface area (Å²) in [6, 6.07) is 11.9. The Kier molecular flexibility index (Phi) is 6.27. The largest absolute Gasteiger partial charge is 0.505 e. The molecule has 0 fully saturated rings. The van der Waals surface area contributed by atoms with Crippen LogP contribution in [-0.4, -0.2) is 34.3 Å². The number of aromatic carboxylic acids is 1. The van der Waals surface area contributed by atoms with Gasteiger partial charge in [-0.15, -0.1) is 15.3 Å². The summed E-state index contributed by atoms with van der Waals surface area (Å²) in [6.45, 7) is 1.55. The molecule has 0 bridgehead atoms. The number of aromatic hydroxyl groups is 2. The first-order valence-electron chi connectivity index (χ1n) is 8.87. The molecule has 0 saturated heterocycles. The van der Waals surface area contributed by atoms with E-state index in [9.17, 15) is 28.5 Å². The van der Waals surface area contributed by atoms with Crippen LogP contribution < -0.4 is 0 Å². The van der Waals surface area contributed by atoms with Gasteiger partial charge in [0.2, 0.25) is 0 Å². The number of carboxylic acids is 1. The van der Waals surface area contributed by atoms with Crippen LogP contribution in [0.25, 0.3) is 0 Å². The second-order valence-corrected chi connectivity index (χ2v) is 7.87. The summed E-state index contributed by atoms with van der Waals surface area (Å²) in [5.41, 5.74) is 0.132. The van der Waals surface area contributed by atoms with Gasteiger partial charge in [-0.2, -0.15) is 13.5 Å². The summed E-state index contributed by atoms with van der Waals surface area (Å²) in [5, 5.41) is 45.0. The fraction of sp³-hybridized carbons (Fsp3) is 0.0500. The Morgan fingerprint density at radius 1 is 0.844 bits per heavy atom. The van der Waals surface area contributed by atoms with E-state index in [0.717, 1.165) is 6.07 Å². The predicted octanol–water partition coefficient (Wildman–Crippen LogP) is 5.18. The van der Waals surface area contributed by atoms with Crippen molar-refractivity contribution in [2.75, 3.05) is 0 Å². The van der Waals surface area contributed by atoms with Crippen molar-refractivity contribution in [2.24, 2.45) is 20.5 Å². The Morgan fingerprint density at radius 2 is 1.47 bits per heavy atom. The lowest BCUT2D eigenvalue weighted by Gasteiger charge is -2.05. The minimum atomic E-state index is -4.36.